The molecule has 0 aliphatic carbocycles. The zero-order valence-electron chi connectivity index (χ0n) is 16.4. The molecule has 3 rings (SSSR count). The Morgan fingerprint density at radius 3 is 2.33 bits per heavy atom. The van der Waals surface area contributed by atoms with E-state index in [0.717, 1.165) is 5.56 Å². The number of ether oxygens (including phenoxy) is 1. The number of hydrogen-bond acceptors (Lipinski definition) is 6. The maximum atomic E-state index is 12.5. The molecule has 0 aliphatic rings. The Morgan fingerprint density at radius 2 is 1.67 bits per heavy atom. The highest BCUT2D eigenvalue weighted by Gasteiger charge is 2.19. The molecular formula is C22H20N2O5S. The summed E-state index contributed by atoms with van der Waals surface area (Å²) in [6.45, 7) is 1.86. The second-order valence-corrected chi connectivity index (χ2v) is 7.87. The quantitative estimate of drug-likeness (QED) is 0.356. The fraction of sp³-hybridized carbons (Fsp3) is 0.0909. The lowest BCUT2D eigenvalue weighted by atomic mass is 10.2. The average Bonchev–Trinajstić information content (AvgIpc) is 2.75. The molecule has 0 atom stereocenters. The lowest BCUT2D eigenvalue weighted by molar-refractivity contribution is 0.0955. The number of nitrogens with one attached hydrogen (secondary N) is 1. The molecule has 8 heteroatoms. The second kappa shape index (κ2) is 9.23. The van der Waals surface area contributed by atoms with Crippen LogP contribution in [0.4, 0.5) is 0 Å². The summed E-state index contributed by atoms with van der Waals surface area (Å²) in [6.07, 6.45) is 1.42. The maximum Gasteiger partial charge on any atom is 0.339 e. The molecule has 0 aliphatic heterocycles. The molecule has 0 radical (unpaired) electrons. The van der Waals surface area contributed by atoms with Crippen molar-refractivity contribution in [1.82, 2.24) is 5.43 Å². The minimum atomic E-state index is -4.01. The van der Waals surface area contributed by atoms with Crippen LogP contribution in [0.5, 0.6) is 11.5 Å². The third-order valence-corrected chi connectivity index (χ3v) is 5.36. The Morgan fingerprint density at radius 1 is 0.967 bits per heavy atom. The first-order valence-electron chi connectivity index (χ1n) is 8.97. The summed E-state index contributed by atoms with van der Waals surface area (Å²) >= 11 is 0. The highest BCUT2D eigenvalue weighted by molar-refractivity contribution is 7.87. The van der Waals surface area contributed by atoms with E-state index in [1.807, 2.05) is 13.0 Å². The molecule has 0 saturated heterocycles. The Kier molecular flexibility index (Phi) is 6.48. The Hall–Kier alpha value is -3.65. The van der Waals surface area contributed by atoms with Crippen LogP contribution in [0.15, 0.2) is 82.8 Å². The molecule has 3 aromatic rings. The van der Waals surface area contributed by atoms with Crippen LogP contribution in [0.1, 0.15) is 21.5 Å². The number of carbonyl (C=O) groups excluding carboxylic acids is 1. The van der Waals surface area contributed by atoms with Crippen LogP contribution >= 0.6 is 0 Å². The van der Waals surface area contributed by atoms with Crippen molar-refractivity contribution in [3.05, 3.63) is 89.5 Å². The normalized spacial score (nSPS) is 11.3. The molecule has 0 saturated carbocycles. The van der Waals surface area contributed by atoms with Gasteiger partial charge in [-0.05, 0) is 55.0 Å². The van der Waals surface area contributed by atoms with Gasteiger partial charge in [-0.25, -0.2) is 5.43 Å². The number of benzene rings is 3. The van der Waals surface area contributed by atoms with Crippen LogP contribution in [0.25, 0.3) is 0 Å². The highest BCUT2D eigenvalue weighted by atomic mass is 32.2. The molecule has 1 amide bonds. The maximum absolute atomic E-state index is 12.5. The lowest BCUT2D eigenvalue weighted by Gasteiger charge is -2.11. The average molecular weight is 424 g/mol. The van der Waals surface area contributed by atoms with Crippen LogP contribution in [-0.2, 0) is 10.1 Å². The van der Waals surface area contributed by atoms with Crippen molar-refractivity contribution in [3.63, 3.8) is 0 Å². The number of methoxy groups -OCH3 is 1. The Bertz CT molecular complexity index is 1160. The number of hydrogen-bond donors (Lipinski definition) is 1. The van der Waals surface area contributed by atoms with Gasteiger partial charge in [0.1, 0.15) is 4.90 Å². The number of hydrazone groups is 1. The molecule has 0 fully saturated rings. The third-order valence-electron chi connectivity index (χ3n) is 4.11. The van der Waals surface area contributed by atoms with E-state index in [4.69, 9.17) is 8.92 Å². The predicted molar refractivity (Wildman–Crippen MR) is 113 cm³/mol. The third kappa shape index (κ3) is 5.24. The molecule has 1 N–H and O–H groups in total. The van der Waals surface area contributed by atoms with E-state index in [2.05, 4.69) is 10.5 Å². The van der Waals surface area contributed by atoms with E-state index in [9.17, 15) is 13.2 Å². The standard InChI is InChI=1S/C22H20N2O5S/c1-16-8-11-19(12-9-16)30(26,27)29-20-13-10-17(14-21(20)28-2)15-23-24-22(25)18-6-4-3-5-7-18/h3-15H,1-2H3,(H,24,25)/b23-15+. The van der Waals surface area contributed by atoms with Gasteiger partial charge in [0, 0.05) is 5.56 Å². The minimum absolute atomic E-state index is 0.0450. The molecular weight excluding hydrogens is 404 g/mol. The first-order chi connectivity index (χ1) is 14.4. The molecule has 0 aromatic heterocycles. The molecule has 0 unspecified atom stereocenters. The zero-order chi connectivity index (χ0) is 21.6. The molecule has 30 heavy (non-hydrogen) atoms. The Labute approximate surface area is 175 Å². The van der Waals surface area contributed by atoms with Crippen LogP contribution < -0.4 is 14.3 Å². The van der Waals surface area contributed by atoms with Gasteiger partial charge in [0.25, 0.3) is 5.91 Å². The second-order valence-electron chi connectivity index (χ2n) is 6.33. The van der Waals surface area contributed by atoms with Gasteiger partial charge in [0.2, 0.25) is 0 Å². The number of nitrogens with zero attached hydrogens (tertiary/aromatic N) is 1. The molecule has 3 aromatic carbocycles. The van der Waals surface area contributed by atoms with Gasteiger partial charge >= 0.3 is 10.1 Å². The first kappa shape index (κ1) is 21.1. The molecule has 154 valence electrons. The fourth-order valence-corrected chi connectivity index (χ4v) is 3.46. The van der Waals surface area contributed by atoms with Gasteiger partial charge in [-0.15, -0.1) is 0 Å². The largest absolute Gasteiger partial charge is 0.493 e. The fourth-order valence-electron chi connectivity index (χ4n) is 2.52. The minimum Gasteiger partial charge on any atom is -0.493 e. The predicted octanol–water partition coefficient (Wildman–Crippen LogP) is 3.54. The summed E-state index contributed by atoms with van der Waals surface area (Å²) in [7, 11) is -2.60. The van der Waals surface area contributed by atoms with Crippen molar-refractivity contribution in [2.24, 2.45) is 5.10 Å². The van der Waals surface area contributed by atoms with Crippen LogP contribution in [0, 0.1) is 6.92 Å². The van der Waals surface area contributed by atoms with E-state index in [1.54, 1.807) is 48.5 Å². The van der Waals surface area contributed by atoms with Crippen LogP contribution in [0.2, 0.25) is 0 Å². The van der Waals surface area contributed by atoms with Crippen molar-refractivity contribution < 1.29 is 22.1 Å². The van der Waals surface area contributed by atoms with Gasteiger partial charge in [-0.3, -0.25) is 4.79 Å². The molecule has 0 bridgehead atoms. The van der Waals surface area contributed by atoms with Crippen molar-refractivity contribution in [2.45, 2.75) is 11.8 Å². The number of amides is 1. The summed E-state index contributed by atoms with van der Waals surface area (Å²) in [5, 5.41) is 3.91. The van der Waals surface area contributed by atoms with E-state index < -0.39 is 10.1 Å². The number of carbonyl (C=O) groups is 1. The summed E-state index contributed by atoms with van der Waals surface area (Å²) in [6, 6.07) is 19.6. The van der Waals surface area contributed by atoms with Crippen LogP contribution in [-0.4, -0.2) is 27.6 Å². The first-order valence-corrected chi connectivity index (χ1v) is 10.4. The lowest BCUT2D eigenvalue weighted by Crippen LogP contribution is -2.17. The van der Waals surface area contributed by atoms with E-state index in [-0.39, 0.29) is 22.3 Å². The van der Waals surface area contributed by atoms with Gasteiger partial charge in [0.05, 0.1) is 13.3 Å². The summed E-state index contributed by atoms with van der Waals surface area (Å²) in [4.78, 5) is 12.0. The van der Waals surface area contributed by atoms with Gasteiger partial charge in [-0.2, -0.15) is 13.5 Å². The van der Waals surface area contributed by atoms with Crippen molar-refractivity contribution >= 4 is 22.2 Å². The number of aryl methyl sites for hydroxylation is 1. The smallest absolute Gasteiger partial charge is 0.339 e. The Balaban J connectivity index is 1.73. The van der Waals surface area contributed by atoms with Gasteiger partial charge in [-0.1, -0.05) is 35.9 Å². The number of rotatable bonds is 7. The van der Waals surface area contributed by atoms with Crippen molar-refractivity contribution in [3.8, 4) is 11.5 Å². The van der Waals surface area contributed by atoms with E-state index >= 15 is 0 Å². The van der Waals surface area contributed by atoms with Crippen molar-refractivity contribution in [2.75, 3.05) is 7.11 Å². The zero-order valence-corrected chi connectivity index (χ0v) is 17.2. The topological polar surface area (TPSA) is 94.1 Å². The van der Waals surface area contributed by atoms with Gasteiger partial charge < -0.3 is 8.92 Å². The van der Waals surface area contributed by atoms with Crippen LogP contribution in [0.3, 0.4) is 0 Å². The monoisotopic (exact) mass is 424 g/mol. The van der Waals surface area contributed by atoms with E-state index in [0.29, 0.717) is 11.1 Å². The van der Waals surface area contributed by atoms with Gasteiger partial charge in [0.15, 0.2) is 11.5 Å². The van der Waals surface area contributed by atoms with Crippen molar-refractivity contribution in [1.29, 1.82) is 0 Å². The highest BCUT2D eigenvalue weighted by Crippen LogP contribution is 2.30. The molecule has 0 heterocycles. The summed E-state index contributed by atoms with van der Waals surface area (Å²) in [5.41, 5.74) is 4.43. The molecule has 7 nitrogen and oxygen atoms in total. The summed E-state index contributed by atoms with van der Waals surface area (Å²) in [5.74, 6) is -0.0875. The van der Waals surface area contributed by atoms with E-state index in [1.165, 1.54) is 31.5 Å². The molecule has 0 spiro atoms. The summed E-state index contributed by atoms with van der Waals surface area (Å²) < 4.78 is 35.5. The SMILES string of the molecule is COc1cc(/C=N/NC(=O)c2ccccc2)ccc1OS(=O)(=O)c1ccc(C)cc1.